The van der Waals surface area contributed by atoms with Gasteiger partial charge in [-0.2, -0.15) is 4.98 Å². The second-order valence-corrected chi connectivity index (χ2v) is 11.4. The molecule has 0 spiro atoms. The molecule has 1 atom stereocenters. The van der Waals surface area contributed by atoms with Crippen LogP contribution in [0.25, 0.3) is 11.4 Å². The Morgan fingerprint density at radius 1 is 1.16 bits per heavy atom. The Morgan fingerprint density at radius 3 is 2.45 bits per heavy atom. The normalized spacial score (nSPS) is 19.7. The lowest BCUT2D eigenvalue weighted by molar-refractivity contribution is -0.127. The van der Waals surface area contributed by atoms with Crippen molar-refractivity contribution in [3.63, 3.8) is 0 Å². The molecule has 1 N–H and O–H groups in total. The maximum Gasteiger partial charge on any atom is 0.409 e. The molecule has 38 heavy (non-hydrogen) atoms. The van der Waals surface area contributed by atoms with Crippen LogP contribution in [0.2, 0.25) is 0 Å². The molecule has 0 bridgehead atoms. The van der Waals surface area contributed by atoms with E-state index in [4.69, 9.17) is 9.26 Å². The Kier molecular flexibility index (Phi) is 7.00. The number of nitrogens with zero attached hydrogens (tertiary/aromatic N) is 5. The minimum absolute atomic E-state index is 0.0779. The summed E-state index contributed by atoms with van der Waals surface area (Å²) >= 11 is 0. The molecule has 2 aromatic heterocycles. The average molecular weight is 520 g/mol. The maximum atomic E-state index is 12.5. The number of likely N-dealkylation sites (tertiary alicyclic amines) is 2. The summed E-state index contributed by atoms with van der Waals surface area (Å²) in [6.45, 7) is 9.15. The molecule has 0 saturated carbocycles. The lowest BCUT2D eigenvalue weighted by atomic mass is 9.62. The maximum absolute atomic E-state index is 12.5. The summed E-state index contributed by atoms with van der Waals surface area (Å²) < 4.78 is 10.5. The quantitative estimate of drug-likeness (QED) is 0.511. The third-order valence-electron chi connectivity index (χ3n) is 8.24. The van der Waals surface area contributed by atoms with Gasteiger partial charge < -0.3 is 24.2 Å². The summed E-state index contributed by atoms with van der Waals surface area (Å²) in [5, 5.41) is 16.7. The zero-order valence-corrected chi connectivity index (χ0v) is 22.8. The molecular weight excluding hydrogens is 482 g/mol. The second-order valence-electron chi connectivity index (χ2n) is 11.4. The van der Waals surface area contributed by atoms with Gasteiger partial charge in [0.2, 0.25) is 11.7 Å². The number of hydrogen-bond acceptors (Lipinski definition) is 8. The number of methoxy groups -OCH3 is 1. The molecule has 1 amide bonds. The summed E-state index contributed by atoms with van der Waals surface area (Å²) in [7, 11) is 3.46. The molecule has 0 radical (unpaired) electrons. The first kappa shape index (κ1) is 26.3. The van der Waals surface area contributed by atoms with Crippen molar-refractivity contribution < 1.29 is 19.2 Å². The van der Waals surface area contributed by atoms with E-state index in [1.807, 2.05) is 18.2 Å². The van der Waals surface area contributed by atoms with Gasteiger partial charge in [-0.15, -0.1) is 0 Å². The van der Waals surface area contributed by atoms with Crippen LogP contribution in [-0.4, -0.2) is 76.5 Å². The molecule has 3 aromatic rings. The van der Waals surface area contributed by atoms with Crippen LogP contribution in [0.1, 0.15) is 68.0 Å². The monoisotopic (exact) mass is 519 g/mol. The van der Waals surface area contributed by atoms with Crippen molar-refractivity contribution in [3.05, 3.63) is 65.3 Å². The number of carbonyl (C=O) groups is 1. The van der Waals surface area contributed by atoms with Gasteiger partial charge in [0, 0.05) is 61.0 Å². The summed E-state index contributed by atoms with van der Waals surface area (Å²) in [6, 6.07) is 10.2. The van der Waals surface area contributed by atoms with Crippen molar-refractivity contribution in [1.29, 1.82) is 0 Å². The van der Waals surface area contributed by atoms with Crippen LogP contribution in [0, 0.1) is 5.41 Å². The van der Waals surface area contributed by atoms with Crippen LogP contribution < -0.4 is 0 Å². The Labute approximate surface area is 223 Å². The molecule has 4 heterocycles. The van der Waals surface area contributed by atoms with E-state index in [9.17, 15) is 9.90 Å². The summed E-state index contributed by atoms with van der Waals surface area (Å²) in [6.07, 6.45) is 4.60. The topological polar surface area (TPSA) is 105 Å². The molecule has 5 rings (SSSR count). The molecule has 9 heteroatoms. The van der Waals surface area contributed by atoms with Crippen molar-refractivity contribution >= 4 is 6.09 Å². The van der Waals surface area contributed by atoms with Crippen molar-refractivity contribution in [2.24, 2.45) is 5.41 Å². The van der Waals surface area contributed by atoms with E-state index in [0.717, 1.165) is 31.5 Å². The lowest BCUT2D eigenvalue weighted by Gasteiger charge is -2.55. The predicted octanol–water partition coefficient (Wildman–Crippen LogP) is 4.39. The first-order valence-corrected chi connectivity index (χ1v) is 13.3. The van der Waals surface area contributed by atoms with Gasteiger partial charge in [0.25, 0.3) is 0 Å². The molecule has 2 aliphatic heterocycles. The van der Waals surface area contributed by atoms with Crippen LogP contribution >= 0.6 is 0 Å². The number of ether oxygens (including phenoxy) is 1. The van der Waals surface area contributed by atoms with Crippen molar-refractivity contribution in [2.45, 2.75) is 51.0 Å². The summed E-state index contributed by atoms with van der Waals surface area (Å²) in [5.41, 5.74) is 1.85. The fourth-order valence-electron chi connectivity index (χ4n) is 6.06. The van der Waals surface area contributed by atoms with Crippen LogP contribution in [0.3, 0.4) is 0 Å². The van der Waals surface area contributed by atoms with E-state index in [0.29, 0.717) is 41.8 Å². The number of pyridine rings is 1. The van der Waals surface area contributed by atoms with Crippen LogP contribution in [-0.2, 0) is 10.3 Å². The third-order valence-corrected chi connectivity index (χ3v) is 8.24. The van der Waals surface area contributed by atoms with Gasteiger partial charge in [-0.1, -0.05) is 50.2 Å². The Balaban J connectivity index is 1.44. The fraction of sp³-hybridized carbons (Fsp3) is 0.517. The van der Waals surface area contributed by atoms with Gasteiger partial charge in [0.15, 0.2) is 0 Å². The van der Waals surface area contributed by atoms with Gasteiger partial charge in [-0.3, -0.25) is 4.98 Å². The molecule has 9 nitrogen and oxygen atoms in total. The smallest absolute Gasteiger partial charge is 0.409 e. The summed E-state index contributed by atoms with van der Waals surface area (Å²) in [5.74, 6) is 1.49. The summed E-state index contributed by atoms with van der Waals surface area (Å²) in [4.78, 5) is 24.9. The van der Waals surface area contributed by atoms with Crippen LogP contribution in [0.15, 0.2) is 47.2 Å². The number of amides is 1. The number of carbonyl (C=O) groups excluding carboxylic acids is 1. The number of rotatable bonds is 6. The highest BCUT2D eigenvalue weighted by Crippen LogP contribution is 2.50. The predicted molar refractivity (Wildman–Crippen MR) is 143 cm³/mol. The van der Waals surface area contributed by atoms with Crippen LogP contribution in [0.4, 0.5) is 4.79 Å². The first-order chi connectivity index (χ1) is 18.1. The molecule has 1 aromatic carbocycles. The highest BCUT2D eigenvalue weighted by molar-refractivity contribution is 5.67. The molecule has 2 saturated heterocycles. The van der Waals surface area contributed by atoms with Gasteiger partial charge in [0.05, 0.1) is 7.11 Å². The highest BCUT2D eigenvalue weighted by Gasteiger charge is 2.55. The van der Waals surface area contributed by atoms with E-state index in [1.165, 1.54) is 12.7 Å². The van der Waals surface area contributed by atoms with Gasteiger partial charge >= 0.3 is 6.09 Å². The minimum Gasteiger partial charge on any atom is -0.453 e. The van der Waals surface area contributed by atoms with E-state index in [1.54, 1.807) is 17.3 Å². The van der Waals surface area contributed by atoms with Crippen LogP contribution in [0.5, 0.6) is 0 Å². The van der Waals surface area contributed by atoms with Gasteiger partial charge in [0.1, 0.15) is 5.60 Å². The Morgan fingerprint density at radius 2 is 1.84 bits per heavy atom. The fourth-order valence-corrected chi connectivity index (χ4v) is 6.06. The standard InChI is InChI=1S/C29H37N5O4/c1-19(2)20-6-8-23(9-7-20)29(36,28(3)17-33(4)18-28)24-14-22(15-30-16-24)25-31-26(38-32-25)21-10-12-34(13-11-21)27(35)37-5/h6-9,14-16,19,21,36H,10-13,17-18H2,1-5H3/t29-/m0/s1. The van der Waals surface area contributed by atoms with E-state index in [2.05, 4.69) is 60.0 Å². The zero-order valence-electron chi connectivity index (χ0n) is 22.8. The molecule has 0 aliphatic carbocycles. The Bertz CT molecular complexity index is 1280. The van der Waals surface area contributed by atoms with E-state index < -0.39 is 11.0 Å². The number of benzene rings is 1. The van der Waals surface area contributed by atoms with Gasteiger partial charge in [-0.25, -0.2) is 4.79 Å². The SMILES string of the molecule is COC(=O)N1CCC(c2nc(-c3cncc([C@@](O)(c4ccc(C(C)C)cc4)C4(C)CN(C)C4)c3)no2)CC1. The lowest BCUT2D eigenvalue weighted by Crippen LogP contribution is -2.63. The number of aromatic nitrogens is 3. The minimum atomic E-state index is -1.24. The van der Waals surface area contributed by atoms with Gasteiger partial charge in [-0.05, 0) is 43.0 Å². The molecule has 202 valence electrons. The van der Waals surface area contributed by atoms with E-state index >= 15 is 0 Å². The van der Waals surface area contributed by atoms with Crippen molar-refractivity contribution in [3.8, 4) is 11.4 Å². The Hall–Kier alpha value is -3.30. The second kappa shape index (κ2) is 10.1. The van der Waals surface area contributed by atoms with Crippen molar-refractivity contribution in [2.75, 3.05) is 40.3 Å². The zero-order chi connectivity index (χ0) is 27.1. The van der Waals surface area contributed by atoms with Crippen molar-refractivity contribution in [1.82, 2.24) is 24.9 Å². The number of aliphatic hydroxyl groups is 1. The molecular formula is C29H37N5O4. The molecule has 2 aliphatic rings. The van der Waals surface area contributed by atoms with E-state index in [-0.39, 0.29) is 12.0 Å². The number of piperidine rings is 1. The molecule has 2 fully saturated rings. The largest absolute Gasteiger partial charge is 0.453 e. The first-order valence-electron chi connectivity index (χ1n) is 13.3. The molecule has 0 unspecified atom stereocenters. The highest BCUT2D eigenvalue weighted by atomic mass is 16.5. The average Bonchev–Trinajstić information content (AvgIpc) is 3.42. The number of hydrogen-bond donors (Lipinski definition) is 1. The third kappa shape index (κ3) is 4.58.